The summed E-state index contributed by atoms with van der Waals surface area (Å²) >= 11 is 7.49. The maximum absolute atomic E-state index is 13.1. The van der Waals surface area contributed by atoms with Crippen molar-refractivity contribution in [2.24, 2.45) is 0 Å². The number of fused-ring (bicyclic) bond motifs is 2. The van der Waals surface area contributed by atoms with Crippen LogP contribution in [0.3, 0.4) is 0 Å². The third-order valence-corrected chi connectivity index (χ3v) is 7.99. The van der Waals surface area contributed by atoms with Crippen molar-refractivity contribution in [3.05, 3.63) is 50.6 Å². The number of hydrogen-bond acceptors (Lipinski definition) is 6. The Morgan fingerprint density at radius 2 is 1.97 bits per heavy atom. The molecule has 0 bridgehead atoms. The van der Waals surface area contributed by atoms with E-state index in [0.29, 0.717) is 41.8 Å². The number of piperidine rings is 1. The predicted octanol–water partition coefficient (Wildman–Crippen LogP) is 3.68. The molecule has 202 valence electrons. The molecule has 0 saturated carbocycles. The van der Waals surface area contributed by atoms with Crippen LogP contribution in [-0.4, -0.2) is 83.6 Å². The molecular formula is C24H30Cl3FN6O2S. The number of aromatic nitrogens is 2. The second-order valence-electron chi connectivity index (χ2n) is 9.23. The molecule has 4 heterocycles. The monoisotopic (exact) mass is 590 g/mol. The minimum atomic E-state index is -0.456. The number of thiazole rings is 1. The molecule has 13 heteroatoms. The maximum atomic E-state index is 13.1. The summed E-state index contributed by atoms with van der Waals surface area (Å²) in [6, 6.07) is 6.50. The molecule has 0 spiro atoms. The van der Waals surface area contributed by atoms with Crippen molar-refractivity contribution in [1.82, 2.24) is 30.4 Å². The molecule has 0 radical (unpaired) electrons. The van der Waals surface area contributed by atoms with Crippen LogP contribution in [0.2, 0.25) is 5.02 Å². The Morgan fingerprint density at radius 3 is 2.76 bits per heavy atom. The molecule has 1 saturated heterocycles. The number of benzene rings is 1. The quantitative estimate of drug-likeness (QED) is 0.407. The number of likely N-dealkylation sites (N-methyl/N-ethyl adjacent to an activating group) is 1. The first-order chi connectivity index (χ1) is 16.9. The lowest BCUT2D eigenvalue weighted by Gasteiger charge is -2.38. The SMILES string of the molecule is CN1CCc2nc(C(=O)N[C@@H]3CN(CCF)CC[C@@H]3NC(=O)c3cc4cc(Cl)ccc4[nH]3)sc2C1.Cl.Cl. The van der Waals surface area contributed by atoms with Crippen LogP contribution in [0, 0.1) is 0 Å². The highest BCUT2D eigenvalue weighted by atomic mass is 35.5. The van der Waals surface area contributed by atoms with Crippen LogP contribution in [0.15, 0.2) is 24.3 Å². The summed E-state index contributed by atoms with van der Waals surface area (Å²) in [6.07, 6.45) is 1.43. The summed E-state index contributed by atoms with van der Waals surface area (Å²) in [5.41, 5.74) is 2.24. The van der Waals surface area contributed by atoms with Gasteiger partial charge >= 0.3 is 0 Å². The Kier molecular flexibility index (Phi) is 10.2. The summed E-state index contributed by atoms with van der Waals surface area (Å²) in [6.45, 7) is 2.66. The van der Waals surface area contributed by atoms with Crippen LogP contribution in [0.5, 0.6) is 0 Å². The van der Waals surface area contributed by atoms with Gasteiger partial charge in [-0.15, -0.1) is 36.2 Å². The van der Waals surface area contributed by atoms with Crippen LogP contribution in [-0.2, 0) is 13.0 Å². The number of H-pyrrole nitrogens is 1. The largest absolute Gasteiger partial charge is 0.351 e. The molecule has 0 unspecified atom stereocenters. The van der Waals surface area contributed by atoms with E-state index in [0.717, 1.165) is 41.0 Å². The van der Waals surface area contributed by atoms with E-state index in [1.54, 1.807) is 18.2 Å². The van der Waals surface area contributed by atoms with E-state index in [1.807, 2.05) is 11.0 Å². The van der Waals surface area contributed by atoms with Crippen LogP contribution in [0.4, 0.5) is 4.39 Å². The normalized spacial score (nSPS) is 20.0. The van der Waals surface area contributed by atoms with Crippen LogP contribution < -0.4 is 10.6 Å². The molecule has 5 rings (SSSR count). The van der Waals surface area contributed by atoms with Crippen molar-refractivity contribution in [2.75, 3.05) is 39.9 Å². The fraction of sp³-hybridized carbons (Fsp3) is 0.458. The lowest BCUT2D eigenvalue weighted by atomic mass is 9.98. The molecule has 3 N–H and O–H groups in total. The Morgan fingerprint density at radius 1 is 1.19 bits per heavy atom. The number of nitrogens with zero attached hydrogens (tertiary/aromatic N) is 3. The van der Waals surface area contributed by atoms with Gasteiger partial charge < -0.3 is 20.5 Å². The fourth-order valence-electron chi connectivity index (χ4n) is 4.78. The standard InChI is InChI=1S/C24H28ClFN6O2S.2ClH/c1-31-7-4-18-21(13-31)35-24(30-18)23(34)29-20-12-32(9-6-26)8-5-17(20)28-22(33)19-11-14-10-15(25)2-3-16(14)27-19;;/h2-3,10-11,17,20,27H,4-9,12-13H2,1H3,(H,28,33)(H,29,34);2*1H/t17-,20+;;/m0../s1. The lowest BCUT2D eigenvalue weighted by Crippen LogP contribution is -2.60. The summed E-state index contributed by atoms with van der Waals surface area (Å²) in [7, 11) is 2.05. The molecular weight excluding hydrogens is 562 g/mol. The number of rotatable bonds is 6. The van der Waals surface area contributed by atoms with Gasteiger partial charge in [-0.2, -0.15) is 0 Å². The highest BCUT2D eigenvalue weighted by Crippen LogP contribution is 2.25. The van der Waals surface area contributed by atoms with E-state index in [1.165, 1.54) is 11.3 Å². The number of nitrogens with one attached hydrogen (secondary N) is 3. The Labute approximate surface area is 236 Å². The molecule has 2 aliphatic heterocycles. The number of amides is 2. The molecule has 8 nitrogen and oxygen atoms in total. The van der Waals surface area contributed by atoms with Gasteiger partial charge in [0.25, 0.3) is 11.8 Å². The van der Waals surface area contributed by atoms with Gasteiger partial charge in [-0.3, -0.25) is 14.5 Å². The van der Waals surface area contributed by atoms with Gasteiger partial charge in [0.2, 0.25) is 0 Å². The smallest absolute Gasteiger partial charge is 0.280 e. The van der Waals surface area contributed by atoms with Gasteiger partial charge in [-0.25, -0.2) is 9.37 Å². The van der Waals surface area contributed by atoms with Gasteiger partial charge in [0.15, 0.2) is 5.01 Å². The Bertz CT molecular complexity index is 1250. The van der Waals surface area contributed by atoms with E-state index in [9.17, 15) is 14.0 Å². The molecule has 3 aromatic rings. The van der Waals surface area contributed by atoms with Gasteiger partial charge in [-0.1, -0.05) is 11.6 Å². The van der Waals surface area contributed by atoms with Gasteiger partial charge in [-0.05, 0) is 37.7 Å². The molecule has 1 aromatic carbocycles. The third kappa shape index (κ3) is 6.74. The van der Waals surface area contributed by atoms with Crippen molar-refractivity contribution in [3.8, 4) is 0 Å². The molecule has 1 fully saturated rings. The second-order valence-corrected chi connectivity index (χ2v) is 10.7. The number of aromatic amines is 1. The first-order valence-corrected chi connectivity index (χ1v) is 12.9. The third-order valence-electron chi connectivity index (χ3n) is 6.67. The van der Waals surface area contributed by atoms with Crippen molar-refractivity contribution >= 4 is 70.5 Å². The average molecular weight is 592 g/mol. The van der Waals surface area contributed by atoms with Gasteiger partial charge in [0, 0.05) is 59.9 Å². The lowest BCUT2D eigenvalue weighted by molar-refractivity contribution is 0.0801. The first kappa shape index (κ1) is 29.6. The van der Waals surface area contributed by atoms with Crippen molar-refractivity contribution in [1.29, 1.82) is 0 Å². The highest BCUT2D eigenvalue weighted by Gasteiger charge is 2.33. The minimum Gasteiger partial charge on any atom is -0.351 e. The summed E-state index contributed by atoms with van der Waals surface area (Å²) < 4.78 is 13.0. The number of alkyl halides is 1. The zero-order valence-electron chi connectivity index (χ0n) is 20.3. The molecule has 2 aromatic heterocycles. The number of likely N-dealkylation sites (tertiary alicyclic amines) is 1. The van der Waals surface area contributed by atoms with E-state index >= 15 is 0 Å². The van der Waals surface area contributed by atoms with E-state index < -0.39 is 6.67 Å². The number of carbonyl (C=O) groups is 2. The van der Waals surface area contributed by atoms with Crippen molar-refractivity contribution in [3.63, 3.8) is 0 Å². The highest BCUT2D eigenvalue weighted by molar-refractivity contribution is 7.13. The molecule has 2 atom stereocenters. The molecule has 2 aliphatic rings. The summed E-state index contributed by atoms with van der Waals surface area (Å²) in [5, 5.41) is 8.03. The Hall–Kier alpha value is -1.95. The van der Waals surface area contributed by atoms with Gasteiger partial charge in [0.1, 0.15) is 12.4 Å². The van der Waals surface area contributed by atoms with Crippen molar-refractivity contribution in [2.45, 2.75) is 31.5 Å². The van der Waals surface area contributed by atoms with E-state index in [2.05, 4.69) is 32.5 Å². The van der Waals surface area contributed by atoms with Gasteiger partial charge in [0.05, 0.1) is 17.8 Å². The fourth-order valence-corrected chi connectivity index (χ4v) is 6.06. The average Bonchev–Trinajstić information content (AvgIpc) is 3.44. The maximum Gasteiger partial charge on any atom is 0.280 e. The number of halogens is 4. The zero-order valence-corrected chi connectivity index (χ0v) is 23.5. The zero-order chi connectivity index (χ0) is 24.5. The van der Waals surface area contributed by atoms with Crippen LogP contribution in [0.25, 0.3) is 10.9 Å². The predicted molar refractivity (Wildman–Crippen MR) is 149 cm³/mol. The summed E-state index contributed by atoms with van der Waals surface area (Å²) in [4.78, 5) is 39.2. The molecule has 2 amide bonds. The summed E-state index contributed by atoms with van der Waals surface area (Å²) in [5.74, 6) is -0.507. The number of carbonyl (C=O) groups excluding carboxylic acids is 2. The second kappa shape index (κ2) is 12.7. The first-order valence-electron chi connectivity index (χ1n) is 11.7. The topological polar surface area (TPSA) is 93.4 Å². The Balaban J connectivity index is 0.00000190. The van der Waals surface area contributed by atoms with Crippen LogP contribution >= 0.6 is 47.8 Å². The van der Waals surface area contributed by atoms with E-state index in [-0.39, 0.29) is 48.7 Å². The molecule has 37 heavy (non-hydrogen) atoms. The minimum absolute atomic E-state index is 0. The number of hydrogen-bond donors (Lipinski definition) is 3. The molecule has 0 aliphatic carbocycles. The van der Waals surface area contributed by atoms with Crippen LogP contribution in [0.1, 0.15) is 37.3 Å². The van der Waals surface area contributed by atoms with Crippen molar-refractivity contribution < 1.29 is 14.0 Å². The van der Waals surface area contributed by atoms with E-state index in [4.69, 9.17) is 11.6 Å².